The number of nitrogens with zero attached hydrogens (tertiary/aromatic N) is 2. The van der Waals surface area contributed by atoms with E-state index < -0.39 is 0 Å². The number of amides is 1. The van der Waals surface area contributed by atoms with Crippen molar-refractivity contribution in [3.63, 3.8) is 0 Å². The van der Waals surface area contributed by atoms with Crippen LogP contribution in [0.3, 0.4) is 0 Å². The van der Waals surface area contributed by atoms with Crippen molar-refractivity contribution < 1.29 is 4.79 Å². The van der Waals surface area contributed by atoms with Crippen molar-refractivity contribution in [3.05, 3.63) is 29.0 Å². The molecular formula is C14H21ClN2O. The van der Waals surface area contributed by atoms with Crippen molar-refractivity contribution in [2.75, 3.05) is 6.54 Å². The molecule has 1 atom stereocenters. The van der Waals surface area contributed by atoms with E-state index in [0.717, 1.165) is 25.8 Å². The van der Waals surface area contributed by atoms with Gasteiger partial charge in [-0.3, -0.25) is 9.78 Å². The lowest BCUT2D eigenvalue weighted by molar-refractivity contribution is 0.0685. The second-order valence-corrected chi connectivity index (χ2v) is 4.87. The molecule has 0 saturated heterocycles. The van der Waals surface area contributed by atoms with Crippen LogP contribution in [-0.4, -0.2) is 28.4 Å². The molecule has 1 rings (SSSR count). The van der Waals surface area contributed by atoms with E-state index in [9.17, 15) is 4.79 Å². The molecule has 1 heterocycles. The van der Waals surface area contributed by atoms with Crippen LogP contribution in [0.1, 0.15) is 50.4 Å². The van der Waals surface area contributed by atoms with E-state index in [-0.39, 0.29) is 11.9 Å². The highest BCUT2D eigenvalue weighted by atomic mass is 35.5. The average molecular weight is 269 g/mol. The van der Waals surface area contributed by atoms with Crippen LogP contribution < -0.4 is 0 Å². The molecule has 0 aromatic carbocycles. The van der Waals surface area contributed by atoms with Gasteiger partial charge in [0.15, 0.2) is 0 Å². The van der Waals surface area contributed by atoms with E-state index in [4.69, 9.17) is 11.6 Å². The molecule has 3 nitrogen and oxygen atoms in total. The lowest BCUT2D eigenvalue weighted by atomic mass is 10.1. The first kappa shape index (κ1) is 15.0. The van der Waals surface area contributed by atoms with Crippen LogP contribution in [0.4, 0.5) is 0 Å². The van der Waals surface area contributed by atoms with Crippen molar-refractivity contribution >= 4 is 17.5 Å². The largest absolute Gasteiger partial charge is 0.336 e. The van der Waals surface area contributed by atoms with Gasteiger partial charge in [0.1, 0.15) is 0 Å². The third-order valence-corrected chi connectivity index (χ3v) is 3.44. The molecule has 0 bridgehead atoms. The Bertz CT molecular complexity index is 395. The number of hydrogen-bond acceptors (Lipinski definition) is 2. The number of rotatable bonds is 6. The number of carbonyl (C=O) groups is 1. The van der Waals surface area contributed by atoms with E-state index >= 15 is 0 Å². The zero-order valence-corrected chi connectivity index (χ0v) is 12.1. The number of carbonyl (C=O) groups excluding carboxylic acids is 1. The van der Waals surface area contributed by atoms with Gasteiger partial charge in [-0.25, -0.2) is 0 Å². The molecule has 0 spiro atoms. The molecule has 1 aromatic heterocycles. The summed E-state index contributed by atoms with van der Waals surface area (Å²) in [4.78, 5) is 18.3. The van der Waals surface area contributed by atoms with E-state index in [1.165, 1.54) is 6.20 Å². The highest BCUT2D eigenvalue weighted by Gasteiger charge is 2.21. The first-order valence-electron chi connectivity index (χ1n) is 6.52. The van der Waals surface area contributed by atoms with Crippen molar-refractivity contribution in [3.8, 4) is 0 Å². The summed E-state index contributed by atoms with van der Waals surface area (Å²) in [7, 11) is 0. The molecule has 1 aromatic rings. The smallest absolute Gasteiger partial charge is 0.255 e. The molecule has 18 heavy (non-hydrogen) atoms. The fourth-order valence-corrected chi connectivity index (χ4v) is 1.97. The number of hydrogen-bond donors (Lipinski definition) is 0. The number of halogens is 1. The predicted octanol–water partition coefficient (Wildman–Crippen LogP) is 3.78. The van der Waals surface area contributed by atoms with Gasteiger partial charge in [0.2, 0.25) is 0 Å². The minimum atomic E-state index is 0.00481. The molecule has 0 fully saturated rings. The minimum absolute atomic E-state index is 0.00481. The Labute approximate surface area is 114 Å². The number of unbranched alkanes of at least 4 members (excludes halogenated alkanes) is 1. The fourth-order valence-electron chi connectivity index (χ4n) is 1.77. The Morgan fingerprint density at radius 1 is 1.50 bits per heavy atom. The molecule has 0 N–H and O–H groups in total. The van der Waals surface area contributed by atoms with Crippen LogP contribution in [0.25, 0.3) is 0 Å². The van der Waals surface area contributed by atoms with Gasteiger partial charge in [0.25, 0.3) is 5.91 Å². The molecule has 0 saturated carbocycles. The highest BCUT2D eigenvalue weighted by molar-refractivity contribution is 6.33. The van der Waals surface area contributed by atoms with Crippen LogP contribution in [-0.2, 0) is 0 Å². The monoisotopic (exact) mass is 268 g/mol. The summed E-state index contributed by atoms with van der Waals surface area (Å²) >= 11 is 6.04. The van der Waals surface area contributed by atoms with Crippen LogP contribution in [0.15, 0.2) is 18.5 Å². The van der Waals surface area contributed by atoms with Crippen molar-refractivity contribution in [2.45, 2.75) is 46.1 Å². The molecule has 4 heteroatoms. The summed E-state index contributed by atoms with van der Waals surface area (Å²) < 4.78 is 0. The van der Waals surface area contributed by atoms with Gasteiger partial charge in [-0.2, -0.15) is 0 Å². The maximum atomic E-state index is 12.5. The normalized spacial score (nSPS) is 12.2. The van der Waals surface area contributed by atoms with Gasteiger partial charge >= 0.3 is 0 Å². The SMILES string of the molecule is CCCCN(C(=O)c1ccncc1Cl)C(C)CC. The lowest BCUT2D eigenvalue weighted by Gasteiger charge is -2.29. The Morgan fingerprint density at radius 2 is 2.22 bits per heavy atom. The van der Waals surface area contributed by atoms with Gasteiger partial charge in [-0.05, 0) is 25.8 Å². The van der Waals surface area contributed by atoms with Crippen LogP contribution in [0, 0.1) is 0 Å². The van der Waals surface area contributed by atoms with Crippen molar-refractivity contribution in [2.24, 2.45) is 0 Å². The predicted molar refractivity (Wildman–Crippen MR) is 74.9 cm³/mol. The van der Waals surface area contributed by atoms with E-state index in [1.807, 2.05) is 4.90 Å². The van der Waals surface area contributed by atoms with Crippen LogP contribution >= 0.6 is 11.6 Å². The minimum Gasteiger partial charge on any atom is -0.336 e. The van der Waals surface area contributed by atoms with Gasteiger partial charge < -0.3 is 4.90 Å². The summed E-state index contributed by atoms with van der Waals surface area (Å²) in [5.41, 5.74) is 0.545. The Morgan fingerprint density at radius 3 is 2.78 bits per heavy atom. The van der Waals surface area contributed by atoms with Crippen LogP contribution in [0.5, 0.6) is 0 Å². The molecule has 1 unspecified atom stereocenters. The average Bonchev–Trinajstić information content (AvgIpc) is 2.39. The molecule has 100 valence electrons. The van der Waals surface area contributed by atoms with Gasteiger partial charge in [0.05, 0.1) is 10.6 Å². The third kappa shape index (κ3) is 3.70. The Balaban J connectivity index is 2.91. The first-order valence-corrected chi connectivity index (χ1v) is 6.90. The highest BCUT2D eigenvalue weighted by Crippen LogP contribution is 2.18. The van der Waals surface area contributed by atoms with Gasteiger partial charge in [-0.15, -0.1) is 0 Å². The van der Waals surface area contributed by atoms with E-state index in [1.54, 1.807) is 12.3 Å². The summed E-state index contributed by atoms with van der Waals surface area (Å²) in [5.74, 6) is 0.00481. The summed E-state index contributed by atoms with van der Waals surface area (Å²) in [5, 5.41) is 0.423. The fraction of sp³-hybridized carbons (Fsp3) is 0.571. The molecule has 0 aliphatic carbocycles. The summed E-state index contributed by atoms with van der Waals surface area (Å²) in [6.45, 7) is 7.06. The zero-order valence-electron chi connectivity index (χ0n) is 11.3. The molecule has 0 aliphatic heterocycles. The molecule has 1 amide bonds. The summed E-state index contributed by atoms with van der Waals surface area (Å²) in [6, 6.07) is 1.92. The topological polar surface area (TPSA) is 33.2 Å². The number of aromatic nitrogens is 1. The molecule has 0 radical (unpaired) electrons. The zero-order chi connectivity index (χ0) is 13.5. The van der Waals surface area contributed by atoms with E-state index in [0.29, 0.717) is 10.6 Å². The van der Waals surface area contributed by atoms with Crippen LogP contribution in [0.2, 0.25) is 5.02 Å². The summed E-state index contributed by atoms with van der Waals surface area (Å²) in [6.07, 6.45) is 6.15. The quantitative estimate of drug-likeness (QED) is 0.787. The maximum Gasteiger partial charge on any atom is 0.255 e. The lowest BCUT2D eigenvalue weighted by Crippen LogP contribution is -2.39. The standard InChI is InChI=1S/C14H21ClN2O/c1-4-6-9-17(11(3)5-2)14(18)12-7-8-16-10-13(12)15/h7-8,10-11H,4-6,9H2,1-3H3. The number of pyridine rings is 1. The third-order valence-electron chi connectivity index (χ3n) is 3.14. The second kappa shape index (κ2) is 7.37. The Kier molecular flexibility index (Phi) is 6.13. The van der Waals surface area contributed by atoms with Gasteiger partial charge in [0, 0.05) is 25.0 Å². The molecular weight excluding hydrogens is 248 g/mol. The first-order chi connectivity index (χ1) is 8.61. The van der Waals surface area contributed by atoms with E-state index in [2.05, 4.69) is 25.8 Å². The van der Waals surface area contributed by atoms with Crippen molar-refractivity contribution in [1.82, 2.24) is 9.88 Å². The molecule has 0 aliphatic rings. The van der Waals surface area contributed by atoms with Crippen molar-refractivity contribution in [1.29, 1.82) is 0 Å². The Hall–Kier alpha value is -1.09. The maximum absolute atomic E-state index is 12.5. The van der Waals surface area contributed by atoms with Gasteiger partial charge in [-0.1, -0.05) is 31.9 Å². The second-order valence-electron chi connectivity index (χ2n) is 4.46.